The summed E-state index contributed by atoms with van der Waals surface area (Å²) in [4.78, 5) is 12.2. The van der Waals surface area contributed by atoms with Crippen molar-refractivity contribution in [3.8, 4) is 0 Å². The Morgan fingerprint density at radius 2 is 2.11 bits per heavy atom. The van der Waals surface area contributed by atoms with Gasteiger partial charge in [0.25, 0.3) is 0 Å². The molecule has 0 aliphatic carbocycles. The van der Waals surface area contributed by atoms with Crippen molar-refractivity contribution in [2.24, 2.45) is 0 Å². The van der Waals surface area contributed by atoms with E-state index in [1.165, 1.54) is 0 Å². The van der Waals surface area contributed by atoms with E-state index in [1.54, 1.807) is 0 Å². The minimum atomic E-state index is -0.0830. The second-order valence-corrected chi connectivity index (χ2v) is 5.13. The van der Waals surface area contributed by atoms with Gasteiger partial charge in [0.1, 0.15) is 0 Å². The Labute approximate surface area is 109 Å². The summed E-state index contributed by atoms with van der Waals surface area (Å²) in [6.45, 7) is 5.16. The van der Waals surface area contributed by atoms with Crippen molar-refractivity contribution in [3.05, 3.63) is 35.9 Å². The molecule has 2 N–H and O–H groups in total. The summed E-state index contributed by atoms with van der Waals surface area (Å²) >= 11 is 0. The highest BCUT2D eigenvalue weighted by Gasteiger charge is 2.24. The van der Waals surface area contributed by atoms with Gasteiger partial charge in [-0.3, -0.25) is 4.79 Å². The minimum absolute atomic E-state index is 0.0830. The fraction of sp³-hybridized carbons (Fsp3) is 0.533. The first-order valence-electron chi connectivity index (χ1n) is 6.77. The molecule has 18 heavy (non-hydrogen) atoms. The molecule has 2 rings (SSSR count). The summed E-state index contributed by atoms with van der Waals surface area (Å²) < 4.78 is 0. The van der Waals surface area contributed by atoms with E-state index < -0.39 is 0 Å². The number of rotatable bonds is 3. The van der Waals surface area contributed by atoms with Gasteiger partial charge in [-0.15, -0.1) is 0 Å². The lowest BCUT2D eigenvalue weighted by atomic mass is 9.96. The lowest BCUT2D eigenvalue weighted by Crippen LogP contribution is -2.52. The highest BCUT2D eigenvalue weighted by atomic mass is 16.1. The zero-order valence-corrected chi connectivity index (χ0v) is 11.1. The first-order chi connectivity index (χ1) is 8.68. The van der Waals surface area contributed by atoms with Crippen molar-refractivity contribution in [2.75, 3.05) is 6.54 Å². The fourth-order valence-electron chi connectivity index (χ4n) is 2.44. The highest BCUT2D eigenvalue weighted by molar-refractivity contribution is 5.83. The Kier molecular flexibility index (Phi) is 4.37. The molecule has 0 spiro atoms. The highest BCUT2D eigenvalue weighted by Crippen LogP contribution is 2.16. The number of carbonyl (C=O) groups is 1. The molecule has 3 heteroatoms. The van der Waals surface area contributed by atoms with E-state index in [0.717, 1.165) is 24.9 Å². The summed E-state index contributed by atoms with van der Waals surface area (Å²) in [6.07, 6.45) is 2.20. The van der Waals surface area contributed by atoms with Gasteiger partial charge >= 0.3 is 0 Å². The Hall–Kier alpha value is -1.35. The standard InChI is InChI=1S/C15H22N2O/c1-11(13-7-4-3-5-8-13)15(18)17-14-9-6-10-16-12(14)2/h3-5,7-8,11-12,14,16H,6,9-10H2,1-2H3,(H,17,18). The number of hydrogen-bond acceptors (Lipinski definition) is 2. The molecule has 0 aromatic heterocycles. The first kappa shape index (κ1) is 13.1. The maximum absolute atomic E-state index is 12.2. The predicted molar refractivity (Wildman–Crippen MR) is 73.5 cm³/mol. The second kappa shape index (κ2) is 6.01. The molecule has 1 aromatic carbocycles. The average molecular weight is 246 g/mol. The van der Waals surface area contributed by atoms with Gasteiger partial charge in [-0.1, -0.05) is 30.3 Å². The lowest BCUT2D eigenvalue weighted by Gasteiger charge is -2.31. The first-order valence-corrected chi connectivity index (χ1v) is 6.77. The van der Waals surface area contributed by atoms with E-state index in [-0.39, 0.29) is 17.9 Å². The van der Waals surface area contributed by atoms with Crippen molar-refractivity contribution < 1.29 is 4.79 Å². The zero-order chi connectivity index (χ0) is 13.0. The van der Waals surface area contributed by atoms with Crippen LogP contribution < -0.4 is 10.6 Å². The molecule has 3 atom stereocenters. The largest absolute Gasteiger partial charge is 0.351 e. The summed E-state index contributed by atoms with van der Waals surface area (Å²) in [7, 11) is 0. The molecule has 3 nitrogen and oxygen atoms in total. The predicted octanol–water partition coefficient (Wildman–Crippen LogP) is 2.05. The van der Waals surface area contributed by atoms with Crippen LogP contribution in [-0.4, -0.2) is 24.5 Å². The monoisotopic (exact) mass is 246 g/mol. The number of nitrogens with one attached hydrogen (secondary N) is 2. The summed E-state index contributed by atoms with van der Waals surface area (Å²) in [5.41, 5.74) is 1.08. The summed E-state index contributed by atoms with van der Waals surface area (Å²) in [5, 5.41) is 6.57. The van der Waals surface area contributed by atoms with E-state index in [9.17, 15) is 4.79 Å². The molecule has 0 saturated carbocycles. The van der Waals surface area contributed by atoms with Crippen molar-refractivity contribution in [3.63, 3.8) is 0 Å². The smallest absolute Gasteiger partial charge is 0.227 e. The quantitative estimate of drug-likeness (QED) is 0.857. The molecule has 1 amide bonds. The minimum Gasteiger partial charge on any atom is -0.351 e. The van der Waals surface area contributed by atoms with Gasteiger partial charge in [0, 0.05) is 12.1 Å². The normalized spacial score (nSPS) is 25.4. The third-order valence-corrected chi connectivity index (χ3v) is 3.78. The van der Waals surface area contributed by atoms with Gasteiger partial charge in [0.2, 0.25) is 5.91 Å². The topological polar surface area (TPSA) is 41.1 Å². The second-order valence-electron chi connectivity index (χ2n) is 5.13. The van der Waals surface area contributed by atoms with E-state index in [2.05, 4.69) is 17.6 Å². The number of carbonyl (C=O) groups excluding carboxylic acids is 1. The molecule has 3 unspecified atom stereocenters. The van der Waals surface area contributed by atoms with E-state index in [1.807, 2.05) is 37.3 Å². The van der Waals surface area contributed by atoms with Crippen LogP contribution in [0.15, 0.2) is 30.3 Å². The molecule has 98 valence electrons. The van der Waals surface area contributed by atoms with Gasteiger partial charge in [0.15, 0.2) is 0 Å². The lowest BCUT2D eigenvalue weighted by molar-refractivity contribution is -0.123. The molecule has 1 fully saturated rings. The zero-order valence-electron chi connectivity index (χ0n) is 11.1. The Morgan fingerprint density at radius 3 is 2.78 bits per heavy atom. The summed E-state index contributed by atoms with van der Waals surface area (Å²) in [6, 6.07) is 10.6. The van der Waals surface area contributed by atoms with E-state index >= 15 is 0 Å². The SMILES string of the molecule is CC(C(=O)NC1CCCNC1C)c1ccccc1. The van der Waals surface area contributed by atoms with E-state index in [0.29, 0.717) is 6.04 Å². The van der Waals surface area contributed by atoms with Gasteiger partial charge in [-0.2, -0.15) is 0 Å². The van der Waals surface area contributed by atoms with E-state index in [4.69, 9.17) is 0 Å². The molecule has 1 aliphatic rings. The van der Waals surface area contributed by atoms with Crippen molar-refractivity contribution in [1.29, 1.82) is 0 Å². The Bertz CT molecular complexity index is 391. The molecule has 0 bridgehead atoms. The van der Waals surface area contributed by atoms with Gasteiger partial charge in [-0.25, -0.2) is 0 Å². The number of benzene rings is 1. The molecule has 1 aromatic rings. The summed E-state index contributed by atoms with van der Waals surface area (Å²) in [5.74, 6) is 0.0436. The van der Waals surface area contributed by atoms with Crippen molar-refractivity contribution >= 4 is 5.91 Å². The Morgan fingerprint density at radius 1 is 1.39 bits per heavy atom. The van der Waals surface area contributed by atoms with Crippen LogP contribution in [0.3, 0.4) is 0 Å². The Balaban J connectivity index is 1.95. The number of hydrogen-bond donors (Lipinski definition) is 2. The van der Waals surface area contributed by atoms with Crippen molar-refractivity contribution in [1.82, 2.24) is 10.6 Å². The van der Waals surface area contributed by atoms with Crippen LogP contribution >= 0.6 is 0 Å². The molecule has 0 radical (unpaired) electrons. The van der Waals surface area contributed by atoms with Crippen LogP contribution in [0.1, 0.15) is 38.2 Å². The third-order valence-electron chi connectivity index (χ3n) is 3.78. The third kappa shape index (κ3) is 3.10. The van der Waals surface area contributed by atoms with Crippen LogP contribution in [0.25, 0.3) is 0 Å². The van der Waals surface area contributed by atoms with Crippen LogP contribution in [0.2, 0.25) is 0 Å². The molecular weight excluding hydrogens is 224 g/mol. The van der Waals surface area contributed by atoms with Crippen LogP contribution in [0.5, 0.6) is 0 Å². The van der Waals surface area contributed by atoms with Gasteiger partial charge < -0.3 is 10.6 Å². The van der Waals surface area contributed by atoms with Crippen LogP contribution in [0.4, 0.5) is 0 Å². The number of amides is 1. The molecular formula is C15H22N2O. The molecule has 1 heterocycles. The maximum atomic E-state index is 12.2. The molecule has 1 aliphatic heterocycles. The van der Waals surface area contributed by atoms with Crippen LogP contribution in [0, 0.1) is 0 Å². The van der Waals surface area contributed by atoms with Crippen LogP contribution in [-0.2, 0) is 4.79 Å². The van der Waals surface area contributed by atoms with Crippen molar-refractivity contribution in [2.45, 2.75) is 44.7 Å². The average Bonchev–Trinajstić information content (AvgIpc) is 2.41. The fourth-order valence-corrected chi connectivity index (χ4v) is 2.44. The maximum Gasteiger partial charge on any atom is 0.227 e. The van der Waals surface area contributed by atoms with Gasteiger partial charge in [0.05, 0.1) is 5.92 Å². The molecule has 1 saturated heterocycles. The van der Waals surface area contributed by atoms with Gasteiger partial charge in [-0.05, 0) is 38.8 Å². The number of piperidine rings is 1.